The summed E-state index contributed by atoms with van der Waals surface area (Å²) in [6, 6.07) is 2.62. The minimum atomic E-state index is -1.19. The summed E-state index contributed by atoms with van der Waals surface area (Å²) in [4.78, 5) is 35.3. The van der Waals surface area contributed by atoms with Crippen molar-refractivity contribution in [2.75, 3.05) is 19.0 Å². The average Bonchev–Trinajstić information content (AvgIpc) is 2.49. The van der Waals surface area contributed by atoms with Crippen LogP contribution in [0.1, 0.15) is 24.3 Å². The van der Waals surface area contributed by atoms with Crippen LogP contribution >= 0.6 is 0 Å². The van der Waals surface area contributed by atoms with E-state index in [0.29, 0.717) is 5.56 Å². The fraction of sp³-hybridized carbons (Fsp3) is 0.400. The van der Waals surface area contributed by atoms with Gasteiger partial charge < -0.3 is 20.5 Å². The topological polar surface area (TPSA) is 105 Å². The molecule has 1 heterocycles. The summed E-state index contributed by atoms with van der Waals surface area (Å²) in [5, 5.41) is 14.0. The number of benzene rings is 1. The first-order valence-electron chi connectivity index (χ1n) is 7.03. The quantitative estimate of drug-likeness (QED) is 0.720. The Balaban J connectivity index is 2.19. The zero-order valence-corrected chi connectivity index (χ0v) is 12.5. The normalized spacial score (nSPS) is 17.8. The van der Waals surface area contributed by atoms with Crippen LogP contribution in [0.3, 0.4) is 0 Å². The highest BCUT2D eigenvalue weighted by molar-refractivity contribution is 6.01. The molecule has 2 unspecified atom stereocenters. The number of carbonyl (C=O) groups is 3. The monoisotopic (exact) mass is 324 g/mol. The van der Waals surface area contributed by atoms with Crippen LogP contribution in [0, 0.1) is 5.82 Å². The second-order valence-electron chi connectivity index (χ2n) is 5.22. The Morgan fingerprint density at radius 2 is 2.26 bits per heavy atom. The molecule has 1 aromatic carbocycles. The molecule has 2 amide bonds. The molecule has 0 spiro atoms. The van der Waals surface area contributed by atoms with Crippen LogP contribution in [0.4, 0.5) is 10.1 Å². The highest BCUT2D eigenvalue weighted by Gasteiger charge is 2.33. The van der Waals surface area contributed by atoms with Crippen molar-refractivity contribution in [2.24, 2.45) is 0 Å². The molecule has 8 heteroatoms. The lowest BCUT2D eigenvalue weighted by molar-refractivity contribution is -0.142. The van der Waals surface area contributed by atoms with Crippen LogP contribution in [0.25, 0.3) is 0 Å². The maximum atomic E-state index is 13.3. The van der Waals surface area contributed by atoms with Gasteiger partial charge >= 0.3 is 5.97 Å². The summed E-state index contributed by atoms with van der Waals surface area (Å²) in [6.45, 7) is 0.171. The van der Waals surface area contributed by atoms with Crippen LogP contribution in [-0.4, -0.2) is 42.6 Å². The number of fused-ring (bicyclic) bond motifs is 1. The van der Waals surface area contributed by atoms with E-state index in [1.165, 1.54) is 19.2 Å². The molecule has 0 aliphatic carbocycles. The fourth-order valence-electron chi connectivity index (χ4n) is 2.44. The van der Waals surface area contributed by atoms with Crippen molar-refractivity contribution in [3.63, 3.8) is 0 Å². The SMILES string of the molecule is COCCC(NC(=O)C1CC(=O)Nc2cc(F)ccc21)C(=O)O. The number of ether oxygens (including phenoxy) is 1. The molecule has 0 bridgehead atoms. The van der Waals surface area contributed by atoms with Crippen molar-refractivity contribution in [1.29, 1.82) is 0 Å². The molecule has 2 atom stereocenters. The Kier molecular flexibility index (Phi) is 5.28. The van der Waals surface area contributed by atoms with Gasteiger partial charge in [0.2, 0.25) is 11.8 Å². The van der Waals surface area contributed by atoms with Crippen molar-refractivity contribution in [3.8, 4) is 0 Å². The number of anilines is 1. The Bertz CT molecular complexity index is 634. The van der Waals surface area contributed by atoms with Crippen molar-refractivity contribution in [2.45, 2.75) is 24.8 Å². The van der Waals surface area contributed by atoms with Crippen molar-refractivity contribution < 1.29 is 28.6 Å². The molecule has 2 rings (SSSR count). The van der Waals surface area contributed by atoms with Crippen LogP contribution in [0.5, 0.6) is 0 Å². The number of methoxy groups -OCH3 is 1. The van der Waals surface area contributed by atoms with Crippen LogP contribution < -0.4 is 10.6 Å². The van der Waals surface area contributed by atoms with Gasteiger partial charge in [0.1, 0.15) is 11.9 Å². The average molecular weight is 324 g/mol. The number of hydrogen-bond acceptors (Lipinski definition) is 4. The number of carboxylic acids is 1. The predicted octanol–water partition coefficient (Wildman–Crippen LogP) is 0.857. The molecule has 23 heavy (non-hydrogen) atoms. The molecule has 7 nitrogen and oxygen atoms in total. The molecule has 0 saturated heterocycles. The van der Waals surface area contributed by atoms with E-state index in [-0.39, 0.29) is 25.1 Å². The first kappa shape index (κ1) is 16.9. The lowest BCUT2D eigenvalue weighted by Crippen LogP contribution is -2.45. The summed E-state index contributed by atoms with van der Waals surface area (Å²) in [5.74, 6) is -3.59. The minimum absolute atomic E-state index is 0.104. The Morgan fingerprint density at radius 3 is 2.91 bits per heavy atom. The maximum absolute atomic E-state index is 13.3. The summed E-state index contributed by atoms with van der Waals surface area (Å²) < 4.78 is 18.1. The van der Waals surface area contributed by atoms with E-state index in [2.05, 4.69) is 10.6 Å². The number of hydrogen-bond donors (Lipinski definition) is 3. The number of nitrogens with one attached hydrogen (secondary N) is 2. The molecule has 1 aliphatic rings. The van der Waals surface area contributed by atoms with Gasteiger partial charge in [-0.25, -0.2) is 9.18 Å². The third-order valence-electron chi connectivity index (χ3n) is 3.60. The van der Waals surface area contributed by atoms with Crippen LogP contribution in [0.15, 0.2) is 18.2 Å². The zero-order chi connectivity index (χ0) is 17.0. The first-order valence-corrected chi connectivity index (χ1v) is 7.03. The second-order valence-corrected chi connectivity index (χ2v) is 5.22. The molecule has 0 radical (unpaired) electrons. The highest BCUT2D eigenvalue weighted by atomic mass is 19.1. The van der Waals surface area contributed by atoms with E-state index in [4.69, 9.17) is 9.84 Å². The molecule has 0 fully saturated rings. The summed E-state index contributed by atoms with van der Waals surface area (Å²) in [5.41, 5.74) is 0.685. The van der Waals surface area contributed by atoms with E-state index < -0.39 is 35.6 Å². The van der Waals surface area contributed by atoms with Gasteiger partial charge in [-0.1, -0.05) is 6.07 Å². The highest BCUT2D eigenvalue weighted by Crippen LogP contribution is 2.32. The number of aliphatic carboxylic acids is 1. The number of halogens is 1. The minimum Gasteiger partial charge on any atom is -0.480 e. The molecule has 3 N–H and O–H groups in total. The van der Waals surface area contributed by atoms with Gasteiger partial charge in [-0.05, 0) is 17.7 Å². The third kappa shape index (κ3) is 4.04. The molecular weight excluding hydrogens is 307 g/mol. The Labute approximate surface area is 131 Å². The van der Waals surface area contributed by atoms with E-state index >= 15 is 0 Å². The van der Waals surface area contributed by atoms with Crippen LogP contribution in [0.2, 0.25) is 0 Å². The maximum Gasteiger partial charge on any atom is 0.326 e. The summed E-state index contributed by atoms with van der Waals surface area (Å²) in [7, 11) is 1.43. The van der Waals surface area contributed by atoms with Gasteiger partial charge in [0.05, 0.1) is 5.92 Å². The lowest BCUT2D eigenvalue weighted by Gasteiger charge is -2.26. The van der Waals surface area contributed by atoms with E-state index in [1.807, 2.05) is 0 Å². The van der Waals surface area contributed by atoms with Crippen molar-refractivity contribution in [3.05, 3.63) is 29.6 Å². The lowest BCUT2D eigenvalue weighted by atomic mass is 9.89. The van der Waals surface area contributed by atoms with Gasteiger partial charge in [-0.2, -0.15) is 0 Å². The summed E-state index contributed by atoms with van der Waals surface area (Å²) >= 11 is 0. The second kappa shape index (κ2) is 7.19. The van der Waals surface area contributed by atoms with E-state index in [9.17, 15) is 18.8 Å². The van der Waals surface area contributed by atoms with Gasteiger partial charge in [0, 0.05) is 32.2 Å². The van der Waals surface area contributed by atoms with Crippen molar-refractivity contribution in [1.82, 2.24) is 5.32 Å². The number of amides is 2. The molecule has 0 saturated carbocycles. The Hall–Kier alpha value is -2.48. The summed E-state index contributed by atoms with van der Waals surface area (Å²) in [6.07, 6.45) is -0.0200. The van der Waals surface area contributed by atoms with Gasteiger partial charge in [-0.15, -0.1) is 0 Å². The molecule has 124 valence electrons. The largest absolute Gasteiger partial charge is 0.480 e. The van der Waals surface area contributed by atoms with E-state index in [1.54, 1.807) is 0 Å². The van der Waals surface area contributed by atoms with Gasteiger partial charge in [0.15, 0.2) is 0 Å². The van der Waals surface area contributed by atoms with Crippen molar-refractivity contribution >= 4 is 23.5 Å². The number of rotatable bonds is 6. The number of carboxylic acid groups (broad SMARTS) is 1. The Morgan fingerprint density at radius 1 is 1.52 bits per heavy atom. The fourth-order valence-corrected chi connectivity index (χ4v) is 2.44. The third-order valence-corrected chi connectivity index (χ3v) is 3.60. The predicted molar refractivity (Wildman–Crippen MR) is 78.4 cm³/mol. The molecule has 1 aromatic rings. The molecular formula is C15H17FN2O5. The van der Waals surface area contributed by atoms with Gasteiger partial charge in [-0.3, -0.25) is 9.59 Å². The standard InChI is InChI=1S/C15H17FN2O5/c1-23-5-4-11(15(21)22)18-14(20)10-7-13(19)17-12-6-8(16)2-3-9(10)12/h2-3,6,10-11H,4-5,7H2,1H3,(H,17,19)(H,18,20)(H,21,22). The molecule has 1 aliphatic heterocycles. The van der Waals surface area contributed by atoms with Gasteiger partial charge in [0.25, 0.3) is 0 Å². The van der Waals surface area contributed by atoms with Crippen LogP contribution in [-0.2, 0) is 19.1 Å². The first-order chi connectivity index (χ1) is 10.9. The van der Waals surface area contributed by atoms with E-state index in [0.717, 1.165) is 6.07 Å². The smallest absolute Gasteiger partial charge is 0.326 e. The number of carbonyl (C=O) groups excluding carboxylic acids is 2. The molecule has 0 aromatic heterocycles. The zero-order valence-electron chi connectivity index (χ0n) is 12.5.